The standard InChI is InChI=1S/C10H16N2O2S/c1-9-4-2-5-10(8-9)12-15(13,14)7-3-6-11/h2,4-5,8,12H,3,6-7,11H2,1H3. The quantitative estimate of drug-likeness (QED) is 0.792. The summed E-state index contributed by atoms with van der Waals surface area (Å²) in [5.74, 6) is 0.0669. The largest absolute Gasteiger partial charge is 0.330 e. The molecule has 84 valence electrons. The van der Waals surface area contributed by atoms with Crippen LogP contribution in [0.25, 0.3) is 0 Å². The Morgan fingerprint density at radius 3 is 2.73 bits per heavy atom. The molecule has 0 aliphatic heterocycles. The number of nitrogens with one attached hydrogen (secondary N) is 1. The molecule has 0 bridgehead atoms. The second-order valence-corrected chi connectivity index (χ2v) is 5.27. The van der Waals surface area contributed by atoms with E-state index in [0.29, 0.717) is 18.7 Å². The van der Waals surface area contributed by atoms with Crippen LogP contribution in [0.4, 0.5) is 5.69 Å². The molecule has 0 spiro atoms. The highest BCUT2D eigenvalue weighted by Gasteiger charge is 2.08. The lowest BCUT2D eigenvalue weighted by Gasteiger charge is -2.07. The number of anilines is 1. The van der Waals surface area contributed by atoms with Gasteiger partial charge in [-0.15, -0.1) is 0 Å². The van der Waals surface area contributed by atoms with Crippen molar-refractivity contribution in [3.05, 3.63) is 29.8 Å². The number of benzene rings is 1. The molecule has 0 aliphatic carbocycles. The molecule has 5 heteroatoms. The molecule has 1 rings (SSSR count). The third-order valence-corrected chi connectivity index (χ3v) is 3.28. The minimum atomic E-state index is -3.24. The molecule has 1 aromatic carbocycles. The minimum Gasteiger partial charge on any atom is -0.330 e. The Labute approximate surface area is 90.5 Å². The van der Waals surface area contributed by atoms with Gasteiger partial charge in [0.2, 0.25) is 10.0 Å². The van der Waals surface area contributed by atoms with Crippen LogP contribution in [-0.4, -0.2) is 20.7 Å². The van der Waals surface area contributed by atoms with Crippen LogP contribution in [-0.2, 0) is 10.0 Å². The number of hydrogen-bond donors (Lipinski definition) is 2. The lowest BCUT2D eigenvalue weighted by Crippen LogP contribution is -2.18. The van der Waals surface area contributed by atoms with Crippen LogP contribution in [0.5, 0.6) is 0 Å². The van der Waals surface area contributed by atoms with Gasteiger partial charge in [-0.3, -0.25) is 4.72 Å². The van der Waals surface area contributed by atoms with Crippen molar-refractivity contribution in [2.24, 2.45) is 5.73 Å². The highest BCUT2D eigenvalue weighted by Crippen LogP contribution is 2.11. The Kier molecular flexibility index (Phi) is 4.11. The maximum atomic E-state index is 11.5. The molecule has 0 atom stereocenters. The van der Waals surface area contributed by atoms with E-state index in [1.165, 1.54) is 0 Å². The normalized spacial score (nSPS) is 11.3. The van der Waals surface area contributed by atoms with Gasteiger partial charge in [0.1, 0.15) is 0 Å². The van der Waals surface area contributed by atoms with Gasteiger partial charge in [-0.05, 0) is 37.6 Å². The van der Waals surface area contributed by atoms with Crippen molar-refractivity contribution < 1.29 is 8.42 Å². The molecule has 0 saturated heterocycles. The van der Waals surface area contributed by atoms with Gasteiger partial charge in [-0.1, -0.05) is 12.1 Å². The van der Waals surface area contributed by atoms with Crippen molar-refractivity contribution in [3.8, 4) is 0 Å². The number of nitrogens with two attached hydrogens (primary N) is 1. The van der Waals surface area contributed by atoms with Crippen LogP contribution in [0.1, 0.15) is 12.0 Å². The van der Waals surface area contributed by atoms with E-state index in [-0.39, 0.29) is 5.75 Å². The summed E-state index contributed by atoms with van der Waals surface area (Å²) in [6.45, 7) is 2.30. The van der Waals surface area contributed by atoms with Crippen LogP contribution in [0.3, 0.4) is 0 Å². The summed E-state index contributed by atoms with van der Waals surface area (Å²) in [5.41, 5.74) is 6.89. The summed E-state index contributed by atoms with van der Waals surface area (Å²) < 4.78 is 25.5. The number of aryl methyl sites for hydroxylation is 1. The summed E-state index contributed by atoms with van der Waals surface area (Å²) in [6.07, 6.45) is 0.473. The first-order valence-corrected chi connectivity index (χ1v) is 6.46. The zero-order valence-electron chi connectivity index (χ0n) is 8.73. The van der Waals surface area contributed by atoms with Gasteiger partial charge in [-0.25, -0.2) is 8.42 Å². The van der Waals surface area contributed by atoms with Crippen LogP contribution in [0, 0.1) is 6.92 Å². The predicted octanol–water partition coefficient (Wildman–Crippen LogP) is 1.09. The van der Waals surface area contributed by atoms with Crippen LogP contribution in [0.15, 0.2) is 24.3 Å². The fraction of sp³-hybridized carbons (Fsp3) is 0.400. The third-order valence-electron chi connectivity index (χ3n) is 1.91. The van der Waals surface area contributed by atoms with Crippen LogP contribution >= 0.6 is 0 Å². The highest BCUT2D eigenvalue weighted by atomic mass is 32.2. The summed E-state index contributed by atoms with van der Waals surface area (Å²) >= 11 is 0. The summed E-state index contributed by atoms with van der Waals surface area (Å²) in [6, 6.07) is 7.25. The monoisotopic (exact) mass is 228 g/mol. The molecule has 0 radical (unpaired) electrons. The highest BCUT2D eigenvalue weighted by molar-refractivity contribution is 7.92. The van der Waals surface area contributed by atoms with Crippen molar-refractivity contribution in [3.63, 3.8) is 0 Å². The van der Waals surface area contributed by atoms with Gasteiger partial charge in [0, 0.05) is 5.69 Å². The zero-order valence-corrected chi connectivity index (χ0v) is 9.55. The molecule has 4 nitrogen and oxygen atoms in total. The molecule has 1 aromatic rings. The van der Waals surface area contributed by atoms with Gasteiger partial charge >= 0.3 is 0 Å². The van der Waals surface area contributed by atoms with E-state index >= 15 is 0 Å². The lowest BCUT2D eigenvalue weighted by molar-refractivity contribution is 0.599. The Bertz CT molecular complexity index is 415. The maximum Gasteiger partial charge on any atom is 0.232 e. The molecule has 0 aliphatic rings. The summed E-state index contributed by atoms with van der Waals surface area (Å²) in [5, 5.41) is 0. The van der Waals surface area contributed by atoms with Crippen molar-refractivity contribution in [1.82, 2.24) is 0 Å². The first kappa shape index (κ1) is 12.0. The SMILES string of the molecule is Cc1cccc(NS(=O)(=O)CCCN)c1. The van der Waals surface area contributed by atoms with Crippen molar-refractivity contribution >= 4 is 15.7 Å². The zero-order chi connectivity index (χ0) is 11.3. The van der Waals surface area contributed by atoms with Gasteiger partial charge in [0.05, 0.1) is 5.75 Å². The fourth-order valence-electron chi connectivity index (χ4n) is 1.21. The van der Waals surface area contributed by atoms with Gasteiger partial charge in [0.15, 0.2) is 0 Å². The van der Waals surface area contributed by atoms with Gasteiger partial charge < -0.3 is 5.73 Å². The molecule has 3 N–H and O–H groups in total. The van der Waals surface area contributed by atoms with E-state index < -0.39 is 10.0 Å². The first-order valence-electron chi connectivity index (χ1n) is 4.81. The molecule has 0 heterocycles. The Hall–Kier alpha value is -1.07. The molecular weight excluding hydrogens is 212 g/mol. The predicted molar refractivity (Wildman–Crippen MR) is 62.3 cm³/mol. The molecular formula is C10H16N2O2S. The third kappa shape index (κ3) is 4.31. The Morgan fingerprint density at radius 2 is 2.13 bits per heavy atom. The molecule has 0 aromatic heterocycles. The Morgan fingerprint density at radius 1 is 1.40 bits per heavy atom. The average molecular weight is 228 g/mol. The summed E-state index contributed by atoms with van der Waals surface area (Å²) in [4.78, 5) is 0. The molecule has 15 heavy (non-hydrogen) atoms. The van der Waals surface area contributed by atoms with Crippen LogP contribution < -0.4 is 10.5 Å². The van der Waals surface area contributed by atoms with E-state index in [0.717, 1.165) is 5.56 Å². The minimum absolute atomic E-state index is 0.0669. The first-order chi connectivity index (χ1) is 7.03. The topological polar surface area (TPSA) is 72.2 Å². The van der Waals surface area contributed by atoms with E-state index in [4.69, 9.17) is 5.73 Å². The van der Waals surface area contributed by atoms with Gasteiger partial charge in [0.25, 0.3) is 0 Å². The molecule has 0 saturated carbocycles. The molecule has 0 fully saturated rings. The number of sulfonamides is 1. The number of hydrogen-bond acceptors (Lipinski definition) is 3. The van der Waals surface area contributed by atoms with E-state index in [9.17, 15) is 8.42 Å². The average Bonchev–Trinajstić information content (AvgIpc) is 2.14. The summed E-state index contributed by atoms with van der Waals surface area (Å²) in [7, 11) is -3.24. The second-order valence-electron chi connectivity index (χ2n) is 3.43. The van der Waals surface area contributed by atoms with E-state index in [1.54, 1.807) is 12.1 Å². The molecule has 0 unspecified atom stereocenters. The fourth-order valence-corrected chi connectivity index (χ4v) is 2.35. The van der Waals surface area contributed by atoms with E-state index in [1.807, 2.05) is 19.1 Å². The smallest absolute Gasteiger partial charge is 0.232 e. The van der Waals surface area contributed by atoms with Crippen molar-refractivity contribution in [1.29, 1.82) is 0 Å². The van der Waals surface area contributed by atoms with Crippen molar-refractivity contribution in [2.45, 2.75) is 13.3 Å². The van der Waals surface area contributed by atoms with Crippen LogP contribution in [0.2, 0.25) is 0 Å². The van der Waals surface area contributed by atoms with Gasteiger partial charge in [-0.2, -0.15) is 0 Å². The lowest BCUT2D eigenvalue weighted by atomic mass is 10.2. The Balaban J connectivity index is 2.69. The van der Waals surface area contributed by atoms with Crippen molar-refractivity contribution in [2.75, 3.05) is 17.0 Å². The molecule has 0 amide bonds. The maximum absolute atomic E-state index is 11.5. The van der Waals surface area contributed by atoms with E-state index in [2.05, 4.69) is 4.72 Å². The second kappa shape index (κ2) is 5.14. The number of rotatable bonds is 5.